The normalized spacial score (nSPS) is 16.9. The lowest BCUT2D eigenvalue weighted by molar-refractivity contribution is -0.130. The van der Waals surface area contributed by atoms with Crippen LogP contribution in [-0.2, 0) is 4.79 Å². The van der Waals surface area contributed by atoms with Crippen LogP contribution in [0.25, 0.3) is 0 Å². The molecule has 1 atom stereocenters. The van der Waals surface area contributed by atoms with Crippen molar-refractivity contribution in [1.82, 2.24) is 9.80 Å². The molecule has 1 aliphatic heterocycles. The van der Waals surface area contributed by atoms with Crippen LogP contribution in [0.15, 0.2) is 35.2 Å². The second kappa shape index (κ2) is 8.59. The standard InChI is InChI=1S/C18H28N2OS/c1-15(2)17(13-20-11-7-8-12-20)19(3)18(21)14-22-16-9-5-4-6-10-16/h4-6,9-10,15,17H,7-8,11-14H2,1-3H3/t17-/m1/s1. The molecular formula is C18H28N2OS. The van der Waals surface area contributed by atoms with Crippen LogP contribution >= 0.6 is 11.8 Å². The third-order valence-corrected chi connectivity index (χ3v) is 5.41. The summed E-state index contributed by atoms with van der Waals surface area (Å²) >= 11 is 1.62. The summed E-state index contributed by atoms with van der Waals surface area (Å²) in [7, 11) is 1.97. The maximum absolute atomic E-state index is 12.5. The molecule has 1 saturated heterocycles. The van der Waals surface area contributed by atoms with Gasteiger partial charge in [0.05, 0.1) is 5.75 Å². The Morgan fingerprint density at radius 3 is 2.45 bits per heavy atom. The number of benzene rings is 1. The van der Waals surface area contributed by atoms with Crippen LogP contribution < -0.4 is 0 Å². The number of hydrogen-bond donors (Lipinski definition) is 0. The largest absolute Gasteiger partial charge is 0.341 e. The number of rotatable bonds is 7. The predicted molar refractivity (Wildman–Crippen MR) is 94.2 cm³/mol. The molecule has 2 rings (SSSR count). The van der Waals surface area contributed by atoms with Crippen molar-refractivity contribution < 1.29 is 4.79 Å². The van der Waals surface area contributed by atoms with E-state index in [-0.39, 0.29) is 5.91 Å². The van der Waals surface area contributed by atoms with Crippen LogP contribution in [-0.4, -0.2) is 54.2 Å². The quantitative estimate of drug-likeness (QED) is 0.720. The van der Waals surface area contributed by atoms with Gasteiger partial charge in [-0.3, -0.25) is 4.79 Å². The summed E-state index contributed by atoms with van der Waals surface area (Å²) in [6, 6.07) is 10.5. The summed E-state index contributed by atoms with van der Waals surface area (Å²) in [4.78, 5) is 18.1. The maximum atomic E-state index is 12.5. The first-order chi connectivity index (χ1) is 10.6. The van der Waals surface area contributed by atoms with Gasteiger partial charge in [0.2, 0.25) is 5.91 Å². The molecule has 1 amide bonds. The smallest absolute Gasteiger partial charge is 0.232 e. The van der Waals surface area contributed by atoms with E-state index >= 15 is 0 Å². The fourth-order valence-electron chi connectivity index (χ4n) is 2.96. The number of likely N-dealkylation sites (tertiary alicyclic amines) is 1. The molecule has 122 valence electrons. The number of nitrogens with zero attached hydrogens (tertiary/aromatic N) is 2. The van der Waals surface area contributed by atoms with Crippen LogP contribution in [0.4, 0.5) is 0 Å². The van der Waals surface area contributed by atoms with Crippen LogP contribution in [0.5, 0.6) is 0 Å². The third-order valence-electron chi connectivity index (χ3n) is 4.41. The fraction of sp³-hybridized carbons (Fsp3) is 0.611. The Balaban J connectivity index is 1.88. The minimum absolute atomic E-state index is 0.228. The van der Waals surface area contributed by atoms with Crippen molar-refractivity contribution in [2.75, 3.05) is 32.4 Å². The zero-order chi connectivity index (χ0) is 15.9. The molecule has 0 bridgehead atoms. The number of carbonyl (C=O) groups is 1. The Morgan fingerprint density at radius 1 is 1.23 bits per heavy atom. The summed E-state index contributed by atoms with van der Waals surface area (Å²) in [6.07, 6.45) is 2.60. The average Bonchev–Trinajstić information content (AvgIpc) is 3.03. The topological polar surface area (TPSA) is 23.6 Å². The average molecular weight is 321 g/mol. The van der Waals surface area contributed by atoms with Gasteiger partial charge in [-0.15, -0.1) is 11.8 Å². The van der Waals surface area contributed by atoms with E-state index in [1.54, 1.807) is 11.8 Å². The molecule has 0 unspecified atom stereocenters. The lowest BCUT2D eigenvalue weighted by atomic mass is 10.0. The third kappa shape index (κ3) is 5.03. The highest BCUT2D eigenvalue weighted by atomic mass is 32.2. The van der Waals surface area contributed by atoms with Gasteiger partial charge in [-0.1, -0.05) is 32.0 Å². The predicted octanol–water partition coefficient (Wildman–Crippen LogP) is 3.36. The van der Waals surface area contributed by atoms with Crippen LogP contribution in [0.3, 0.4) is 0 Å². The first-order valence-electron chi connectivity index (χ1n) is 8.24. The minimum Gasteiger partial charge on any atom is -0.341 e. The molecule has 22 heavy (non-hydrogen) atoms. The van der Waals surface area contributed by atoms with Crippen LogP contribution in [0.2, 0.25) is 0 Å². The maximum Gasteiger partial charge on any atom is 0.232 e. The van der Waals surface area contributed by atoms with E-state index in [0.29, 0.717) is 17.7 Å². The van der Waals surface area contributed by atoms with Gasteiger partial charge in [0.15, 0.2) is 0 Å². The van der Waals surface area contributed by atoms with Gasteiger partial charge in [-0.05, 0) is 44.0 Å². The molecule has 0 saturated carbocycles. The molecule has 0 aliphatic carbocycles. The summed E-state index contributed by atoms with van der Waals surface area (Å²) in [6.45, 7) is 7.81. The number of carbonyl (C=O) groups excluding carboxylic acids is 1. The molecule has 0 spiro atoms. The molecule has 0 aromatic heterocycles. The highest BCUT2D eigenvalue weighted by Crippen LogP contribution is 2.20. The molecule has 3 nitrogen and oxygen atoms in total. The minimum atomic E-state index is 0.228. The van der Waals surface area contributed by atoms with Gasteiger partial charge in [0.1, 0.15) is 0 Å². The number of thioether (sulfide) groups is 1. The van der Waals surface area contributed by atoms with Crippen molar-refractivity contribution in [1.29, 1.82) is 0 Å². The van der Waals surface area contributed by atoms with E-state index in [2.05, 4.69) is 30.9 Å². The van der Waals surface area contributed by atoms with E-state index in [1.165, 1.54) is 25.9 Å². The molecule has 1 aromatic rings. The highest BCUT2D eigenvalue weighted by molar-refractivity contribution is 8.00. The Hall–Kier alpha value is -1.00. The van der Waals surface area contributed by atoms with Gasteiger partial charge < -0.3 is 9.80 Å². The SMILES string of the molecule is CC(C)[C@@H](CN1CCCC1)N(C)C(=O)CSc1ccccc1. The second-order valence-corrected chi connectivity index (χ2v) is 7.47. The molecule has 0 N–H and O–H groups in total. The highest BCUT2D eigenvalue weighted by Gasteiger charge is 2.26. The Morgan fingerprint density at radius 2 is 1.86 bits per heavy atom. The summed E-state index contributed by atoms with van der Waals surface area (Å²) < 4.78 is 0. The molecule has 1 aliphatic rings. The van der Waals surface area contributed by atoms with Crippen molar-refractivity contribution >= 4 is 17.7 Å². The molecule has 1 fully saturated rings. The Labute approximate surface area is 139 Å². The number of amides is 1. The lowest BCUT2D eigenvalue weighted by Gasteiger charge is -2.34. The number of likely N-dealkylation sites (N-methyl/N-ethyl adjacent to an activating group) is 1. The summed E-state index contributed by atoms with van der Waals surface area (Å²) in [5, 5.41) is 0. The van der Waals surface area contributed by atoms with E-state index in [1.807, 2.05) is 30.1 Å². The van der Waals surface area contributed by atoms with Crippen molar-refractivity contribution in [3.8, 4) is 0 Å². The van der Waals surface area contributed by atoms with Gasteiger partial charge >= 0.3 is 0 Å². The lowest BCUT2D eigenvalue weighted by Crippen LogP contribution is -2.47. The summed E-state index contributed by atoms with van der Waals surface area (Å²) in [5.74, 6) is 1.23. The van der Waals surface area contributed by atoms with Crippen molar-refractivity contribution in [3.63, 3.8) is 0 Å². The van der Waals surface area contributed by atoms with Crippen molar-refractivity contribution in [2.24, 2.45) is 5.92 Å². The van der Waals surface area contributed by atoms with E-state index in [4.69, 9.17) is 0 Å². The molecular weight excluding hydrogens is 292 g/mol. The van der Waals surface area contributed by atoms with Gasteiger partial charge in [-0.2, -0.15) is 0 Å². The molecule has 1 heterocycles. The first kappa shape index (κ1) is 17.4. The Kier molecular flexibility index (Phi) is 6.77. The van der Waals surface area contributed by atoms with E-state index in [0.717, 1.165) is 11.4 Å². The van der Waals surface area contributed by atoms with Gasteiger partial charge in [0.25, 0.3) is 0 Å². The number of hydrogen-bond acceptors (Lipinski definition) is 3. The monoisotopic (exact) mass is 320 g/mol. The Bertz CT molecular complexity index is 457. The van der Waals surface area contributed by atoms with E-state index in [9.17, 15) is 4.79 Å². The first-order valence-corrected chi connectivity index (χ1v) is 9.22. The van der Waals surface area contributed by atoms with Crippen molar-refractivity contribution in [2.45, 2.75) is 37.6 Å². The molecule has 4 heteroatoms. The second-order valence-electron chi connectivity index (χ2n) is 6.43. The fourth-order valence-corrected chi connectivity index (χ4v) is 3.80. The summed E-state index contributed by atoms with van der Waals surface area (Å²) in [5.41, 5.74) is 0. The van der Waals surface area contributed by atoms with Crippen LogP contribution in [0.1, 0.15) is 26.7 Å². The zero-order valence-corrected chi connectivity index (χ0v) is 14.8. The zero-order valence-electron chi connectivity index (χ0n) is 14.0. The van der Waals surface area contributed by atoms with Gasteiger partial charge in [-0.25, -0.2) is 0 Å². The van der Waals surface area contributed by atoms with Gasteiger partial charge in [0, 0.05) is 24.5 Å². The van der Waals surface area contributed by atoms with Crippen molar-refractivity contribution in [3.05, 3.63) is 30.3 Å². The molecule has 1 aromatic carbocycles. The van der Waals surface area contributed by atoms with Crippen LogP contribution in [0, 0.1) is 5.92 Å². The molecule has 0 radical (unpaired) electrons. The van der Waals surface area contributed by atoms with E-state index < -0.39 is 0 Å².